The maximum Gasteiger partial charge on any atom is 0.126 e. The molecular formula is C13H21FN2. The molecule has 0 spiro atoms. The minimum absolute atomic E-state index is 0.0757. The average Bonchev–Trinajstić information content (AvgIpc) is 2.08. The summed E-state index contributed by atoms with van der Waals surface area (Å²) in [5.41, 5.74) is 7.51. The van der Waals surface area contributed by atoms with Crippen molar-refractivity contribution in [1.82, 2.24) is 4.90 Å². The Morgan fingerprint density at radius 1 is 1.31 bits per heavy atom. The zero-order valence-corrected chi connectivity index (χ0v) is 10.7. The van der Waals surface area contributed by atoms with Gasteiger partial charge in [-0.2, -0.15) is 0 Å². The van der Waals surface area contributed by atoms with Crippen LogP contribution in [0.15, 0.2) is 18.2 Å². The third kappa shape index (κ3) is 2.80. The van der Waals surface area contributed by atoms with Gasteiger partial charge in [-0.15, -0.1) is 0 Å². The van der Waals surface area contributed by atoms with Crippen LogP contribution in [0.25, 0.3) is 0 Å². The van der Waals surface area contributed by atoms with E-state index in [9.17, 15) is 4.39 Å². The van der Waals surface area contributed by atoms with Crippen molar-refractivity contribution in [2.45, 2.75) is 32.4 Å². The monoisotopic (exact) mass is 224 g/mol. The topological polar surface area (TPSA) is 29.3 Å². The van der Waals surface area contributed by atoms with Gasteiger partial charge >= 0.3 is 0 Å². The Hall–Kier alpha value is -0.930. The molecule has 1 aromatic rings. The highest BCUT2D eigenvalue weighted by Gasteiger charge is 2.28. The van der Waals surface area contributed by atoms with Crippen LogP contribution < -0.4 is 5.73 Å². The zero-order chi connectivity index (χ0) is 12.5. The first-order valence-corrected chi connectivity index (χ1v) is 5.45. The second kappa shape index (κ2) is 4.52. The van der Waals surface area contributed by atoms with Crippen molar-refractivity contribution >= 4 is 0 Å². The van der Waals surface area contributed by atoms with Gasteiger partial charge in [0.05, 0.1) is 6.04 Å². The van der Waals surface area contributed by atoms with Crippen LogP contribution in [-0.4, -0.2) is 24.5 Å². The molecule has 3 heteroatoms. The SMILES string of the molecule is Cc1cc(C(N(C)C)C(C)(C)N)ccc1F. The zero-order valence-electron chi connectivity index (χ0n) is 10.7. The van der Waals surface area contributed by atoms with E-state index in [0.717, 1.165) is 5.56 Å². The van der Waals surface area contributed by atoms with Gasteiger partial charge in [0.2, 0.25) is 0 Å². The first kappa shape index (κ1) is 13.1. The van der Waals surface area contributed by atoms with Gasteiger partial charge in [0.1, 0.15) is 5.82 Å². The van der Waals surface area contributed by atoms with Gasteiger partial charge in [-0.25, -0.2) is 4.39 Å². The number of aryl methyl sites for hydroxylation is 1. The number of nitrogens with two attached hydrogens (primary N) is 1. The van der Waals surface area contributed by atoms with Crippen molar-refractivity contribution in [2.24, 2.45) is 5.73 Å². The summed E-state index contributed by atoms with van der Waals surface area (Å²) in [4.78, 5) is 2.06. The summed E-state index contributed by atoms with van der Waals surface area (Å²) in [6.45, 7) is 5.74. The summed E-state index contributed by atoms with van der Waals surface area (Å²) in [6.07, 6.45) is 0. The van der Waals surface area contributed by atoms with Crippen molar-refractivity contribution in [3.05, 3.63) is 35.1 Å². The molecule has 0 amide bonds. The van der Waals surface area contributed by atoms with E-state index in [-0.39, 0.29) is 17.4 Å². The van der Waals surface area contributed by atoms with Crippen LogP contribution in [0.2, 0.25) is 0 Å². The summed E-state index contributed by atoms with van der Waals surface area (Å²) in [7, 11) is 3.97. The molecule has 0 fully saturated rings. The quantitative estimate of drug-likeness (QED) is 0.854. The second-order valence-corrected chi connectivity index (χ2v) is 5.20. The van der Waals surface area contributed by atoms with Crippen molar-refractivity contribution in [2.75, 3.05) is 14.1 Å². The molecule has 2 N–H and O–H groups in total. The lowest BCUT2D eigenvalue weighted by Crippen LogP contribution is -2.45. The Morgan fingerprint density at radius 2 is 1.88 bits per heavy atom. The standard InChI is InChI=1S/C13H21FN2/c1-9-8-10(6-7-11(9)14)12(16(4)5)13(2,3)15/h6-8,12H,15H2,1-5H3. The Balaban J connectivity index is 3.17. The fourth-order valence-electron chi connectivity index (χ4n) is 2.23. The van der Waals surface area contributed by atoms with E-state index in [1.807, 2.05) is 40.1 Å². The summed E-state index contributed by atoms with van der Waals surface area (Å²) in [5.74, 6) is -0.170. The molecule has 0 aliphatic carbocycles. The second-order valence-electron chi connectivity index (χ2n) is 5.20. The predicted molar refractivity (Wildman–Crippen MR) is 65.8 cm³/mol. The number of rotatable bonds is 3. The van der Waals surface area contributed by atoms with Gasteiger partial charge in [-0.05, 0) is 52.1 Å². The number of likely N-dealkylation sites (N-methyl/N-ethyl adjacent to an activating group) is 1. The van der Waals surface area contributed by atoms with E-state index in [1.165, 1.54) is 6.07 Å². The lowest BCUT2D eigenvalue weighted by molar-refractivity contribution is 0.204. The molecule has 2 nitrogen and oxygen atoms in total. The van der Waals surface area contributed by atoms with E-state index in [1.54, 1.807) is 6.92 Å². The molecule has 1 unspecified atom stereocenters. The molecular weight excluding hydrogens is 203 g/mol. The molecule has 0 heterocycles. The molecule has 0 aromatic heterocycles. The highest BCUT2D eigenvalue weighted by atomic mass is 19.1. The molecule has 0 bridgehead atoms. The Kier molecular flexibility index (Phi) is 3.71. The maximum absolute atomic E-state index is 13.2. The predicted octanol–water partition coefficient (Wildman–Crippen LogP) is 2.47. The summed E-state index contributed by atoms with van der Waals surface area (Å²) >= 11 is 0. The molecule has 1 rings (SSSR count). The van der Waals surface area contributed by atoms with Gasteiger partial charge in [-0.1, -0.05) is 12.1 Å². The molecule has 0 radical (unpaired) electrons. The van der Waals surface area contributed by atoms with E-state index in [0.29, 0.717) is 5.56 Å². The third-order valence-corrected chi connectivity index (χ3v) is 2.72. The summed E-state index contributed by atoms with van der Waals surface area (Å²) < 4.78 is 13.2. The molecule has 90 valence electrons. The van der Waals surface area contributed by atoms with Crippen molar-refractivity contribution in [3.8, 4) is 0 Å². The highest BCUT2D eigenvalue weighted by molar-refractivity contribution is 5.28. The van der Waals surface area contributed by atoms with Crippen LogP contribution in [0.3, 0.4) is 0 Å². The van der Waals surface area contributed by atoms with Gasteiger partial charge in [-0.3, -0.25) is 0 Å². The Morgan fingerprint density at radius 3 is 2.25 bits per heavy atom. The van der Waals surface area contributed by atoms with E-state index in [4.69, 9.17) is 5.73 Å². The van der Waals surface area contributed by atoms with E-state index < -0.39 is 0 Å². The first-order valence-electron chi connectivity index (χ1n) is 5.45. The molecule has 0 aliphatic heterocycles. The van der Waals surface area contributed by atoms with Crippen LogP contribution in [0, 0.1) is 12.7 Å². The van der Waals surface area contributed by atoms with Crippen molar-refractivity contribution in [1.29, 1.82) is 0 Å². The van der Waals surface area contributed by atoms with Gasteiger partial charge in [0.25, 0.3) is 0 Å². The maximum atomic E-state index is 13.2. The van der Waals surface area contributed by atoms with Gasteiger partial charge in [0.15, 0.2) is 0 Å². The Labute approximate surface area is 97.3 Å². The fourth-order valence-corrected chi connectivity index (χ4v) is 2.23. The minimum Gasteiger partial charge on any atom is -0.324 e. The molecule has 16 heavy (non-hydrogen) atoms. The van der Waals surface area contributed by atoms with Crippen LogP contribution in [0.1, 0.15) is 31.0 Å². The van der Waals surface area contributed by atoms with Crippen molar-refractivity contribution in [3.63, 3.8) is 0 Å². The molecule has 0 saturated carbocycles. The van der Waals surface area contributed by atoms with E-state index in [2.05, 4.69) is 4.90 Å². The van der Waals surface area contributed by atoms with Crippen LogP contribution in [-0.2, 0) is 0 Å². The molecule has 1 aromatic carbocycles. The molecule has 1 atom stereocenters. The number of hydrogen-bond acceptors (Lipinski definition) is 2. The normalized spacial score (nSPS) is 14.2. The van der Waals surface area contributed by atoms with Gasteiger partial charge in [0, 0.05) is 5.54 Å². The third-order valence-electron chi connectivity index (χ3n) is 2.72. The van der Waals surface area contributed by atoms with Gasteiger partial charge < -0.3 is 10.6 Å². The lowest BCUT2D eigenvalue weighted by atomic mass is 9.88. The number of halogens is 1. The number of nitrogens with zero attached hydrogens (tertiary/aromatic N) is 1. The highest BCUT2D eigenvalue weighted by Crippen LogP contribution is 2.29. The van der Waals surface area contributed by atoms with Crippen LogP contribution >= 0.6 is 0 Å². The fraction of sp³-hybridized carbons (Fsp3) is 0.538. The number of benzene rings is 1. The summed E-state index contributed by atoms with van der Waals surface area (Å²) in [6, 6.07) is 5.26. The first-order chi connectivity index (χ1) is 7.23. The average molecular weight is 224 g/mol. The number of hydrogen-bond donors (Lipinski definition) is 1. The van der Waals surface area contributed by atoms with Crippen LogP contribution in [0.5, 0.6) is 0 Å². The van der Waals surface area contributed by atoms with Crippen LogP contribution in [0.4, 0.5) is 4.39 Å². The Bertz CT molecular complexity index is 367. The molecule has 0 aliphatic rings. The molecule has 0 saturated heterocycles. The lowest BCUT2D eigenvalue weighted by Gasteiger charge is -2.36. The largest absolute Gasteiger partial charge is 0.324 e. The van der Waals surface area contributed by atoms with E-state index >= 15 is 0 Å². The smallest absolute Gasteiger partial charge is 0.126 e. The van der Waals surface area contributed by atoms with Crippen molar-refractivity contribution < 1.29 is 4.39 Å². The summed E-state index contributed by atoms with van der Waals surface area (Å²) in [5, 5.41) is 0. The minimum atomic E-state index is -0.367.